The zero-order valence-electron chi connectivity index (χ0n) is 11.0. The predicted molar refractivity (Wildman–Crippen MR) is 64.5 cm³/mol. The van der Waals surface area contributed by atoms with Crippen LogP contribution >= 0.6 is 11.6 Å². The SMILES string of the molecule is CC(C)(C)C(OC(=O)CCC(=O)O)OC(=O)OCCl. The Bertz CT molecular complexity index is 334. The molecule has 0 aliphatic heterocycles. The number of carbonyl (C=O) groups is 3. The highest BCUT2D eigenvalue weighted by atomic mass is 35.5. The summed E-state index contributed by atoms with van der Waals surface area (Å²) in [6.07, 6.45) is -2.93. The van der Waals surface area contributed by atoms with Gasteiger partial charge in [0.2, 0.25) is 0 Å². The van der Waals surface area contributed by atoms with Crippen molar-refractivity contribution >= 4 is 29.7 Å². The molecule has 1 N–H and O–H groups in total. The third kappa shape index (κ3) is 8.25. The van der Waals surface area contributed by atoms with Crippen LogP contribution in [-0.4, -0.2) is 35.6 Å². The van der Waals surface area contributed by atoms with E-state index < -0.39 is 29.8 Å². The van der Waals surface area contributed by atoms with Crippen molar-refractivity contribution in [3.63, 3.8) is 0 Å². The van der Waals surface area contributed by atoms with Crippen LogP contribution in [0, 0.1) is 5.41 Å². The molecule has 19 heavy (non-hydrogen) atoms. The minimum atomic E-state index is -1.19. The first-order valence-corrected chi connectivity index (χ1v) is 6.01. The number of alkyl halides is 1. The summed E-state index contributed by atoms with van der Waals surface area (Å²) in [7, 11) is 0. The molecule has 0 aliphatic rings. The lowest BCUT2D eigenvalue weighted by Crippen LogP contribution is -2.36. The van der Waals surface area contributed by atoms with Gasteiger partial charge in [-0.25, -0.2) is 4.79 Å². The van der Waals surface area contributed by atoms with Gasteiger partial charge in [0.05, 0.1) is 12.8 Å². The molecule has 1 atom stereocenters. The lowest BCUT2D eigenvalue weighted by molar-refractivity contribution is -0.191. The van der Waals surface area contributed by atoms with Gasteiger partial charge < -0.3 is 19.3 Å². The number of rotatable bonds is 6. The van der Waals surface area contributed by atoms with E-state index in [4.69, 9.17) is 26.2 Å². The monoisotopic (exact) mass is 296 g/mol. The van der Waals surface area contributed by atoms with E-state index in [1.54, 1.807) is 20.8 Å². The summed E-state index contributed by atoms with van der Waals surface area (Å²) in [5, 5.41) is 8.44. The molecule has 0 spiro atoms. The molecule has 7 nitrogen and oxygen atoms in total. The second-order valence-electron chi connectivity index (χ2n) is 4.70. The number of hydrogen-bond donors (Lipinski definition) is 1. The van der Waals surface area contributed by atoms with E-state index in [1.165, 1.54) is 0 Å². The van der Waals surface area contributed by atoms with Crippen molar-refractivity contribution in [2.75, 3.05) is 6.07 Å². The summed E-state index contributed by atoms with van der Waals surface area (Å²) >= 11 is 5.19. The van der Waals surface area contributed by atoms with Gasteiger partial charge in [-0.3, -0.25) is 9.59 Å². The molecule has 1 unspecified atom stereocenters. The molecule has 0 heterocycles. The Morgan fingerprint density at radius 2 is 1.74 bits per heavy atom. The maximum absolute atomic E-state index is 11.4. The van der Waals surface area contributed by atoms with Gasteiger partial charge in [-0.2, -0.15) is 0 Å². The fourth-order valence-corrected chi connectivity index (χ4v) is 1.02. The summed E-state index contributed by atoms with van der Waals surface area (Å²) in [5.41, 5.74) is -0.690. The molecule has 0 aromatic heterocycles. The molecule has 0 bridgehead atoms. The van der Waals surface area contributed by atoms with Crippen molar-refractivity contribution in [1.82, 2.24) is 0 Å². The van der Waals surface area contributed by atoms with E-state index in [-0.39, 0.29) is 18.9 Å². The maximum atomic E-state index is 11.4. The first-order valence-electron chi connectivity index (χ1n) is 5.47. The van der Waals surface area contributed by atoms with Crippen LogP contribution in [0.3, 0.4) is 0 Å². The minimum absolute atomic E-state index is 0.310. The summed E-state index contributed by atoms with van der Waals surface area (Å²) < 4.78 is 14.1. The van der Waals surface area contributed by atoms with Crippen LogP contribution < -0.4 is 0 Å². The van der Waals surface area contributed by atoms with Crippen LogP contribution in [0.5, 0.6) is 0 Å². The number of aliphatic carboxylic acids is 1. The van der Waals surface area contributed by atoms with E-state index in [1.807, 2.05) is 0 Å². The van der Waals surface area contributed by atoms with Crippen LogP contribution in [0.15, 0.2) is 0 Å². The molecule has 0 saturated carbocycles. The Morgan fingerprint density at radius 1 is 1.16 bits per heavy atom. The molecule has 0 fully saturated rings. The summed E-state index contributed by atoms with van der Waals surface area (Å²) in [4.78, 5) is 32.9. The fourth-order valence-electron chi connectivity index (χ4n) is 0.931. The van der Waals surface area contributed by atoms with Crippen molar-refractivity contribution in [3.05, 3.63) is 0 Å². The van der Waals surface area contributed by atoms with Crippen molar-refractivity contribution in [2.45, 2.75) is 39.9 Å². The van der Waals surface area contributed by atoms with E-state index >= 15 is 0 Å². The molecule has 0 saturated heterocycles. The zero-order valence-corrected chi connectivity index (χ0v) is 11.7. The normalized spacial score (nSPS) is 12.4. The molecular formula is C11H17ClO7. The maximum Gasteiger partial charge on any atom is 0.512 e. The number of ether oxygens (including phenoxy) is 3. The van der Waals surface area contributed by atoms with Crippen LogP contribution in [0.2, 0.25) is 0 Å². The van der Waals surface area contributed by atoms with Gasteiger partial charge in [0.15, 0.2) is 6.07 Å². The molecule has 8 heteroatoms. The first-order chi connectivity index (χ1) is 8.66. The zero-order chi connectivity index (χ0) is 15.1. The third-order valence-corrected chi connectivity index (χ3v) is 1.97. The Kier molecular flexibility index (Phi) is 7.21. The van der Waals surface area contributed by atoms with Gasteiger partial charge in [-0.15, -0.1) is 0 Å². The minimum Gasteiger partial charge on any atom is -0.481 e. The van der Waals surface area contributed by atoms with Crippen LogP contribution in [-0.2, 0) is 23.8 Å². The number of carboxylic acid groups (broad SMARTS) is 1. The highest BCUT2D eigenvalue weighted by Crippen LogP contribution is 2.24. The van der Waals surface area contributed by atoms with E-state index in [9.17, 15) is 14.4 Å². The fraction of sp³-hybridized carbons (Fsp3) is 0.727. The van der Waals surface area contributed by atoms with E-state index in [2.05, 4.69) is 4.74 Å². The molecule has 110 valence electrons. The van der Waals surface area contributed by atoms with Gasteiger partial charge in [0.1, 0.15) is 0 Å². The number of halogens is 1. The molecule has 0 rings (SSSR count). The summed E-state index contributed by atoms with van der Waals surface area (Å²) in [5.74, 6) is -1.90. The topological polar surface area (TPSA) is 99.1 Å². The van der Waals surface area contributed by atoms with Crippen molar-refractivity contribution < 1.29 is 33.7 Å². The summed E-state index contributed by atoms with van der Waals surface area (Å²) in [6.45, 7) is 5.03. The average molecular weight is 297 g/mol. The van der Waals surface area contributed by atoms with Crippen molar-refractivity contribution in [1.29, 1.82) is 0 Å². The molecule has 0 amide bonds. The Balaban J connectivity index is 4.48. The number of esters is 1. The largest absolute Gasteiger partial charge is 0.512 e. The molecular weight excluding hydrogens is 280 g/mol. The number of hydrogen-bond acceptors (Lipinski definition) is 6. The average Bonchev–Trinajstić information content (AvgIpc) is 2.24. The molecule has 0 aromatic rings. The smallest absolute Gasteiger partial charge is 0.481 e. The highest BCUT2D eigenvalue weighted by molar-refractivity contribution is 6.17. The second kappa shape index (κ2) is 7.83. The molecule has 0 aromatic carbocycles. The molecule has 0 radical (unpaired) electrons. The number of carbonyl (C=O) groups excluding carboxylic acids is 2. The van der Waals surface area contributed by atoms with Gasteiger partial charge in [-0.1, -0.05) is 32.4 Å². The van der Waals surface area contributed by atoms with Crippen LogP contribution in [0.25, 0.3) is 0 Å². The summed E-state index contributed by atoms with van der Waals surface area (Å²) in [6, 6.07) is -0.386. The van der Waals surface area contributed by atoms with Crippen LogP contribution in [0.4, 0.5) is 4.79 Å². The quantitative estimate of drug-likeness (QED) is 0.455. The Labute approximate surface area is 115 Å². The van der Waals surface area contributed by atoms with Gasteiger partial charge >= 0.3 is 18.1 Å². The lowest BCUT2D eigenvalue weighted by atomic mass is 9.96. The standard InChI is InChI=1S/C11H17ClO7/c1-11(2,3)9(19-10(16)17-6-12)18-8(15)5-4-7(13)14/h9H,4-6H2,1-3H3,(H,13,14). The predicted octanol–water partition coefficient (Wildman–Crippen LogP) is 2.12. The first kappa shape index (κ1) is 17.5. The van der Waals surface area contributed by atoms with Gasteiger partial charge in [0.25, 0.3) is 6.29 Å². The Hall–Kier alpha value is -1.50. The van der Waals surface area contributed by atoms with E-state index in [0.29, 0.717) is 0 Å². The van der Waals surface area contributed by atoms with Gasteiger partial charge in [0, 0.05) is 5.41 Å². The lowest BCUT2D eigenvalue weighted by Gasteiger charge is -2.28. The number of carboxylic acids is 1. The van der Waals surface area contributed by atoms with Crippen molar-refractivity contribution in [2.24, 2.45) is 5.41 Å². The van der Waals surface area contributed by atoms with Crippen LogP contribution in [0.1, 0.15) is 33.6 Å². The van der Waals surface area contributed by atoms with Crippen molar-refractivity contribution in [3.8, 4) is 0 Å². The van der Waals surface area contributed by atoms with Gasteiger partial charge in [-0.05, 0) is 0 Å². The Morgan fingerprint density at radius 3 is 2.16 bits per heavy atom. The van der Waals surface area contributed by atoms with E-state index in [0.717, 1.165) is 0 Å². The third-order valence-electron chi connectivity index (χ3n) is 1.86. The second-order valence-corrected chi connectivity index (χ2v) is 4.92. The molecule has 0 aliphatic carbocycles. The highest BCUT2D eigenvalue weighted by Gasteiger charge is 2.32.